The largest absolute Gasteiger partial charge is 0.497 e. The number of aryl methyl sites for hydroxylation is 2. The molecule has 1 atom stereocenters. The van der Waals surface area contributed by atoms with Crippen LogP contribution in [0.3, 0.4) is 0 Å². The summed E-state index contributed by atoms with van der Waals surface area (Å²) in [6.45, 7) is 2.00. The lowest BCUT2D eigenvalue weighted by atomic mass is 9.90. The minimum atomic E-state index is -0.0376. The molecule has 0 aromatic heterocycles. The molecular weight excluding hydrogens is 286 g/mol. The van der Waals surface area contributed by atoms with E-state index in [0.29, 0.717) is 0 Å². The van der Waals surface area contributed by atoms with E-state index in [1.807, 2.05) is 37.3 Å². The lowest BCUT2D eigenvalue weighted by Crippen LogP contribution is -2.26. The molecule has 120 valence electrons. The second kappa shape index (κ2) is 6.86. The lowest BCUT2D eigenvalue weighted by Gasteiger charge is -2.18. The van der Waals surface area contributed by atoms with E-state index in [9.17, 15) is 4.79 Å². The molecule has 0 unspecified atom stereocenters. The Morgan fingerprint density at radius 1 is 1.04 bits per heavy atom. The highest BCUT2D eigenvalue weighted by molar-refractivity contribution is 5.94. The number of carbonyl (C=O) groups excluding carboxylic acids is 1. The minimum Gasteiger partial charge on any atom is -0.497 e. The first-order valence-corrected chi connectivity index (χ1v) is 8.24. The van der Waals surface area contributed by atoms with Crippen LogP contribution in [0.1, 0.15) is 52.9 Å². The first-order chi connectivity index (χ1) is 11.2. The summed E-state index contributed by atoms with van der Waals surface area (Å²) in [5.41, 5.74) is 4.56. The third-order valence-electron chi connectivity index (χ3n) is 4.57. The molecule has 0 aliphatic heterocycles. The van der Waals surface area contributed by atoms with Gasteiger partial charge in [0, 0.05) is 5.56 Å². The minimum absolute atomic E-state index is 0.0123. The molecule has 0 radical (unpaired) electrons. The summed E-state index contributed by atoms with van der Waals surface area (Å²) in [6.07, 6.45) is 4.71. The summed E-state index contributed by atoms with van der Waals surface area (Å²) in [7, 11) is 1.65. The molecule has 3 nitrogen and oxygen atoms in total. The smallest absolute Gasteiger partial charge is 0.251 e. The number of methoxy groups -OCH3 is 1. The third kappa shape index (κ3) is 3.55. The molecule has 0 bridgehead atoms. The Balaban J connectivity index is 1.70. The van der Waals surface area contributed by atoms with Crippen LogP contribution in [-0.2, 0) is 12.8 Å². The number of carbonyl (C=O) groups is 1. The van der Waals surface area contributed by atoms with E-state index in [-0.39, 0.29) is 11.9 Å². The molecule has 2 aromatic rings. The molecule has 0 fully saturated rings. The molecule has 0 spiro atoms. The van der Waals surface area contributed by atoms with Crippen molar-refractivity contribution in [2.75, 3.05) is 7.11 Å². The van der Waals surface area contributed by atoms with Crippen molar-refractivity contribution in [2.45, 2.75) is 38.6 Å². The van der Waals surface area contributed by atoms with Gasteiger partial charge < -0.3 is 10.1 Å². The van der Waals surface area contributed by atoms with Gasteiger partial charge in [-0.25, -0.2) is 0 Å². The number of fused-ring (bicyclic) bond motifs is 1. The molecule has 1 aliphatic rings. The summed E-state index contributed by atoms with van der Waals surface area (Å²) in [6, 6.07) is 13.9. The summed E-state index contributed by atoms with van der Waals surface area (Å²) in [5, 5.41) is 3.08. The fourth-order valence-electron chi connectivity index (χ4n) is 3.13. The van der Waals surface area contributed by atoms with Gasteiger partial charge in [-0.3, -0.25) is 4.79 Å². The SMILES string of the molecule is COc1ccc([C@@H](C)NC(=O)c2ccc3c(c2)CCCC3)cc1. The van der Waals surface area contributed by atoms with E-state index >= 15 is 0 Å². The molecule has 0 saturated heterocycles. The summed E-state index contributed by atoms with van der Waals surface area (Å²) in [5.74, 6) is 0.809. The Bertz CT molecular complexity index is 691. The van der Waals surface area contributed by atoms with Crippen molar-refractivity contribution in [3.8, 4) is 5.75 Å². The third-order valence-corrected chi connectivity index (χ3v) is 4.57. The van der Waals surface area contributed by atoms with Gasteiger partial charge in [0.05, 0.1) is 13.2 Å². The summed E-state index contributed by atoms with van der Waals surface area (Å²) in [4.78, 5) is 12.5. The fourth-order valence-corrected chi connectivity index (χ4v) is 3.13. The summed E-state index contributed by atoms with van der Waals surface area (Å²) < 4.78 is 5.16. The number of benzene rings is 2. The molecule has 3 heteroatoms. The van der Waals surface area contributed by atoms with E-state index in [1.54, 1.807) is 7.11 Å². The van der Waals surface area contributed by atoms with Crippen LogP contribution in [0.25, 0.3) is 0 Å². The van der Waals surface area contributed by atoms with Crippen LogP contribution in [0.2, 0.25) is 0 Å². The second-order valence-electron chi connectivity index (χ2n) is 6.16. The highest BCUT2D eigenvalue weighted by atomic mass is 16.5. The fraction of sp³-hybridized carbons (Fsp3) is 0.350. The monoisotopic (exact) mass is 309 g/mol. The zero-order valence-corrected chi connectivity index (χ0v) is 13.8. The van der Waals surface area contributed by atoms with Crippen LogP contribution in [0.15, 0.2) is 42.5 Å². The Morgan fingerprint density at radius 3 is 2.43 bits per heavy atom. The van der Waals surface area contributed by atoms with Crippen molar-refractivity contribution in [3.63, 3.8) is 0 Å². The number of hydrogen-bond donors (Lipinski definition) is 1. The first-order valence-electron chi connectivity index (χ1n) is 8.24. The lowest BCUT2D eigenvalue weighted by molar-refractivity contribution is 0.0939. The molecule has 0 heterocycles. The quantitative estimate of drug-likeness (QED) is 0.924. The molecule has 0 saturated carbocycles. The average molecular weight is 309 g/mol. The van der Waals surface area contributed by atoms with E-state index < -0.39 is 0 Å². The van der Waals surface area contributed by atoms with Crippen LogP contribution in [0.4, 0.5) is 0 Å². The van der Waals surface area contributed by atoms with Gasteiger partial charge >= 0.3 is 0 Å². The number of ether oxygens (including phenoxy) is 1. The maximum atomic E-state index is 12.5. The van der Waals surface area contributed by atoms with Crippen molar-refractivity contribution in [1.29, 1.82) is 0 Å². The molecule has 23 heavy (non-hydrogen) atoms. The van der Waals surface area contributed by atoms with Crippen molar-refractivity contribution >= 4 is 5.91 Å². The van der Waals surface area contributed by atoms with E-state index in [4.69, 9.17) is 4.74 Å². The maximum absolute atomic E-state index is 12.5. The zero-order valence-electron chi connectivity index (χ0n) is 13.8. The van der Waals surface area contributed by atoms with Crippen molar-refractivity contribution in [1.82, 2.24) is 5.32 Å². The van der Waals surface area contributed by atoms with E-state index in [2.05, 4.69) is 17.4 Å². The average Bonchev–Trinajstić information content (AvgIpc) is 2.61. The van der Waals surface area contributed by atoms with Gasteiger partial charge in [-0.2, -0.15) is 0 Å². The van der Waals surface area contributed by atoms with Gasteiger partial charge in [-0.1, -0.05) is 18.2 Å². The Morgan fingerprint density at radius 2 is 1.74 bits per heavy atom. The van der Waals surface area contributed by atoms with E-state index in [1.165, 1.54) is 24.0 Å². The second-order valence-corrected chi connectivity index (χ2v) is 6.16. The van der Waals surface area contributed by atoms with Gasteiger partial charge in [0.25, 0.3) is 5.91 Å². The summed E-state index contributed by atoms with van der Waals surface area (Å²) >= 11 is 0. The van der Waals surface area contributed by atoms with Crippen LogP contribution in [0.5, 0.6) is 5.75 Å². The molecule has 1 N–H and O–H groups in total. The molecular formula is C20H23NO2. The highest BCUT2D eigenvalue weighted by Gasteiger charge is 2.15. The van der Waals surface area contributed by atoms with E-state index in [0.717, 1.165) is 29.7 Å². The van der Waals surface area contributed by atoms with Crippen LogP contribution in [0, 0.1) is 0 Å². The van der Waals surface area contributed by atoms with Crippen LogP contribution < -0.4 is 10.1 Å². The zero-order chi connectivity index (χ0) is 16.2. The topological polar surface area (TPSA) is 38.3 Å². The molecule has 3 rings (SSSR count). The van der Waals surface area contributed by atoms with Crippen molar-refractivity contribution in [3.05, 3.63) is 64.7 Å². The Labute approximate surface area is 137 Å². The predicted octanol–water partition coefficient (Wildman–Crippen LogP) is 4.07. The van der Waals surface area contributed by atoms with Crippen molar-refractivity contribution in [2.24, 2.45) is 0 Å². The van der Waals surface area contributed by atoms with Gasteiger partial charge in [0.15, 0.2) is 0 Å². The molecule has 1 aliphatic carbocycles. The van der Waals surface area contributed by atoms with Crippen LogP contribution in [-0.4, -0.2) is 13.0 Å². The number of hydrogen-bond acceptors (Lipinski definition) is 2. The predicted molar refractivity (Wildman–Crippen MR) is 92.0 cm³/mol. The van der Waals surface area contributed by atoms with Gasteiger partial charge in [-0.05, 0) is 73.6 Å². The highest BCUT2D eigenvalue weighted by Crippen LogP contribution is 2.23. The van der Waals surface area contributed by atoms with Crippen LogP contribution >= 0.6 is 0 Å². The number of nitrogens with one attached hydrogen (secondary N) is 1. The number of amides is 1. The van der Waals surface area contributed by atoms with Gasteiger partial charge in [0.2, 0.25) is 0 Å². The Hall–Kier alpha value is -2.29. The van der Waals surface area contributed by atoms with Gasteiger partial charge in [0.1, 0.15) is 5.75 Å². The first kappa shape index (κ1) is 15.6. The van der Waals surface area contributed by atoms with Crippen molar-refractivity contribution < 1.29 is 9.53 Å². The standard InChI is InChI=1S/C20H23NO2/c1-14(15-9-11-19(23-2)12-10-15)21-20(22)18-8-7-16-5-3-4-6-17(16)13-18/h7-14H,3-6H2,1-2H3,(H,21,22)/t14-/m1/s1. The Kier molecular flexibility index (Phi) is 4.65. The maximum Gasteiger partial charge on any atom is 0.251 e. The molecule has 1 amide bonds. The normalized spacial score (nSPS) is 14.7. The van der Waals surface area contributed by atoms with Gasteiger partial charge in [-0.15, -0.1) is 0 Å². The molecule has 2 aromatic carbocycles. The number of rotatable bonds is 4.